The van der Waals surface area contributed by atoms with Gasteiger partial charge in [-0.15, -0.1) is 0 Å². The number of hydrogen-bond acceptors (Lipinski definition) is 0. The van der Waals surface area contributed by atoms with Crippen molar-refractivity contribution in [1.82, 2.24) is 0 Å². The molecule has 0 aromatic heterocycles. The summed E-state index contributed by atoms with van der Waals surface area (Å²) in [5.41, 5.74) is 2.26. The average Bonchev–Trinajstić information content (AvgIpc) is 3.13. The van der Waals surface area contributed by atoms with Gasteiger partial charge in [0.15, 0.2) is 0 Å². The second kappa shape index (κ2) is 13.3. The monoisotopic (exact) mass is 524 g/mol. The Bertz CT molecular complexity index is 421. The molecule has 166 valence electrons. The van der Waals surface area contributed by atoms with E-state index in [0.717, 1.165) is 41.0 Å². The molecule has 4 heteroatoms. The Morgan fingerprint density at radius 2 is 1.32 bits per heavy atom. The third kappa shape index (κ3) is 5.92. The Hall–Kier alpha value is 1.68. The molecule has 3 aliphatic rings. The molecular weight excluding hydrogens is 478 g/mol. The maximum atomic E-state index is 4.93. The fraction of sp³-hybridized carbons (Fsp3) is 0.917. The van der Waals surface area contributed by atoms with E-state index in [2.05, 4.69) is 41.2 Å². The summed E-state index contributed by atoms with van der Waals surface area (Å²) in [4.78, 5) is 0. The average molecular weight is 527 g/mol. The Morgan fingerprint density at radius 3 is 1.82 bits per heavy atom. The third-order valence-electron chi connectivity index (χ3n) is 9.35. The number of fused-ring (bicyclic) bond motifs is 1. The predicted molar refractivity (Wildman–Crippen MR) is 130 cm³/mol. The van der Waals surface area contributed by atoms with Crippen molar-refractivity contribution in [2.45, 2.75) is 103 Å². The van der Waals surface area contributed by atoms with E-state index in [4.69, 9.17) is 17.0 Å². The Labute approximate surface area is 198 Å². The summed E-state index contributed by atoms with van der Waals surface area (Å²) in [5, 5.41) is 0. The van der Waals surface area contributed by atoms with Gasteiger partial charge >= 0.3 is 37.9 Å². The Kier molecular flexibility index (Phi) is 14.1. The van der Waals surface area contributed by atoms with Crippen LogP contribution in [-0.4, -0.2) is 8.07 Å². The van der Waals surface area contributed by atoms with Crippen molar-refractivity contribution < 1.29 is 20.8 Å². The van der Waals surface area contributed by atoms with Gasteiger partial charge in [0, 0.05) is 0 Å². The van der Waals surface area contributed by atoms with Crippen LogP contribution in [0.5, 0.6) is 0 Å². The molecule has 8 atom stereocenters. The molecule has 0 aromatic rings. The Morgan fingerprint density at radius 1 is 0.821 bits per heavy atom. The molecule has 3 fully saturated rings. The fourth-order valence-corrected chi connectivity index (χ4v) is 15.5. The summed E-state index contributed by atoms with van der Waals surface area (Å²) in [6.07, 6.45) is 10.9. The van der Waals surface area contributed by atoms with Crippen LogP contribution in [0.2, 0.25) is 23.7 Å². The zero-order valence-corrected chi connectivity index (χ0v) is 25.0. The number of rotatable bonds is 4. The zero-order valence-electron chi connectivity index (χ0n) is 20.0. The van der Waals surface area contributed by atoms with Crippen LogP contribution < -0.4 is 0 Å². The van der Waals surface area contributed by atoms with Crippen LogP contribution in [0.4, 0.5) is 0 Å². The van der Waals surface area contributed by atoms with Gasteiger partial charge in [-0.25, -0.2) is 0 Å². The van der Waals surface area contributed by atoms with Gasteiger partial charge in [0.2, 0.25) is 0 Å². The van der Waals surface area contributed by atoms with Crippen molar-refractivity contribution in [2.75, 3.05) is 0 Å². The van der Waals surface area contributed by atoms with E-state index in [1.807, 2.05) is 0 Å². The minimum atomic E-state index is -1.20. The summed E-state index contributed by atoms with van der Waals surface area (Å²) in [7, 11) is 8.67. The van der Waals surface area contributed by atoms with Crippen molar-refractivity contribution >= 4 is 25.1 Å². The van der Waals surface area contributed by atoms with Crippen molar-refractivity contribution in [2.24, 2.45) is 35.5 Å². The van der Waals surface area contributed by atoms with Gasteiger partial charge in [0.1, 0.15) is 0 Å². The van der Waals surface area contributed by atoms with Crippen LogP contribution in [-0.2, 0) is 20.8 Å². The van der Waals surface area contributed by atoms with E-state index in [-0.39, 0.29) is 14.9 Å². The minimum absolute atomic E-state index is 0. The van der Waals surface area contributed by atoms with E-state index >= 15 is 0 Å². The second-order valence-electron chi connectivity index (χ2n) is 10.2. The predicted octanol–water partition coefficient (Wildman–Crippen LogP) is 9.65. The van der Waals surface area contributed by atoms with Crippen molar-refractivity contribution in [3.05, 3.63) is 14.9 Å². The van der Waals surface area contributed by atoms with Crippen molar-refractivity contribution in [1.29, 1.82) is 0 Å². The topological polar surface area (TPSA) is 0 Å². The van der Waals surface area contributed by atoms with Gasteiger partial charge in [-0.2, -0.15) is 0 Å². The molecule has 0 amide bonds. The van der Waals surface area contributed by atoms with Crippen LogP contribution in [0.15, 0.2) is 0 Å². The van der Waals surface area contributed by atoms with E-state index in [9.17, 15) is 0 Å². The molecule has 3 saturated carbocycles. The first-order chi connectivity index (χ1) is 12.3. The van der Waals surface area contributed by atoms with Gasteiger partial charge < -0.3 is 14.9 Å². The van der Waals surface area contributed by atoms with E-state index in [1.165, 1.54) is 24.8 Å². The van der Waals surface area contributed by atoms with Gasteiger partial charge in [-0.05, 0) is 46.6 Å². The molecule has 3 rings (SSSR count). The van der Waals surface area contributed by atoms with E-state index in [1.54, 1.807) is 31.7 Å². The molecule has 0 N–H and O–H groups in total. The van der Waals surface area contributed by atoms with Crippen molar-refractivity contribution in [3.63, 3.8) is 0 Å². The molecule has 0 bridgehead atoms. The molecule has 0 spiro atoms. The number of hydrogen-bond donors (Lipinski definition) is 0. The molecular formula is C24H48Cl2SiZr. The number of halogens is 2. The molecule has 28 heavy (non-hydrogen) atoms. The van der Waals surface area contributed by atoms with E-state index < -0.39 is 28.9 Å². The van der Waals surface area contributed by atoms with Gasteiger partial charge in [0.25, 0.3) is 0 Å². The van der Waals surface area contributed by atoms with Gasteiger partial charge in [0.05, 0.1) is 8.07 Å². The van der Waals surface area contributed by atoms with Crippen LogP contribution in [0, 0.1) is 50.4 Å². The second-order valence-corrected chi connectivity index (χ2v) is 18.8. The molecule has 8 unspecified atom stereocenters. The van der Waals surface area contributed by atoms with Crippen LogP contribution >= 0.6 is 17.0 Å². The quantitative estimate of drug-likeness (QED) is 0.253. The molecule has 3 aliphatic carbocycles. The van der Waals surface area contributed by atoms with Crippen LogP contribution in [0.1, 0.15) is 79.6 Å². The SMILES string of the molecule is CCC[Si](C)(C1CCC2CCCCC21)C1C(C)C(C)C(C)C1C.[CH3-].[CH3-].[Cl][Zr+2][Cl]. The van der Waals surface area contributed by atoms with Crippen LogP contribution in [0.25, 0.3) is 0 Å². The molecule has 0 radical (unpaired) electrons. The standard InChI is InChI=1S/C22H42Si.2CH3.2ClH.Zr/c1-7-14-23(6,22-17(4)15(2)16(3)18(22)5)21-13-12-19-10-8-9-11-20(19)21;;;;;/h15-22H,7-14H2,1-6H3;2*1H3;2*1H;/q;2*-1;;;+4/p-2. The van der Waals surface area contributed by atoms with Crippen LogP contribution in [0.3, 0.4) is 0 Å². The summed E-state index contributed by atoms with van der Waals surface area (Å²) >= 11 is -0.826. The van der Waals surface area contributed by atoms with E-state index in [0.29, 0.717) is 0 Å². The van der Waals surface area contributed by atoms with Gasteiger partial charge in [-0.3, -0.25) is 0 Å². The molecule has 0 aliphatic heterocycles. The molecule has 0 aromatic carbocycles. The third-order valence-corrected chi connectivity index (χ3v) is 15.9. The molecule has 0 heterocycles. The summed E-state index contributed by atoms with van der Waals surface area (Å²) in [6, 6.07) is 1.61. The first-order valence-electron chi connectivity index (χ1n) is 11.3. The molecule has 0 nitrogen and oxygen atoms in total. The summed E-state index contributed by atoms with van der Waals surface area (Å²) < 4.78 is 0. The Balaban J connectivity index is 0.00000137. The summed E-state index contributed by atoms with van der Waals surface area (Å²) in [5.74, 6) is 6.11. The first-order valence-corrected chi connectivity index (χ1v) is 20.5. The molecule has 0 saturated heterocycles. The maximum absolute atomic E-state index is 4.93. The van der Waals surface area contributed by atoms with Gasteiger partial charge in [-0.1, -0.05) is 92.2 Å². The summed E-state index contributed by atoms with van der Waals surface area (Å²) in [6.45, 7) is 15.7. The zero-order chi connectivity index (χ0) is 19.5. The fourth-order valence-electron chi connectivity index (χ4n) is 7.98. The first kappa shape index (κ1) is 29.7. The normalized spacial score (nSPS) is 41.3. The van der Waals surface area contributed by atoms with Crippen molar-refractivity contribution in [3.8, 4) is 0 Å².